The van der Waals surface area contributed by atoms with Crippen LogP contribution in [0.5, 0.6) is 5.75 Å². The first kappa shape index (κ1) is 22.6. The van der Waals surface area contributed by atoms with Gasteiger partial charge in [0.05, 0.1) is 17.9 Å². The van der Waals surface area contributed by atoms with Gasteiger partial charge in [0.15, 0.2) is 0 Å². The molecular formula is C27H25ClN2O3. The van der Waals surface area contributed by atoms with Crippen LogP contribution in [0.4, 0.5) is 11.4 Å². The van der Waals surface area contributed by atoms with Gasteiger partial charge >= 0.3 is 0 Å². The lowest BCUT2D eigenvalue weighted by molar-refractivity contribution is -0.120. The molecule has 3 aromatic carbocycles. The summed E-state index contributed by atoms with van der Waals surface area (Å²) < 4.78 is 5.59. The molecule has 1 heterocycles. The van der Waals surface area contributed by atoms with Crippen molar-refractivity contribution in [1.82, 2.24) is 0 Å². The number of carbonyl (C=O) groups excluding carboxylic acids is 2. The molecule has 1 N–H and O–H groups in total. The number of rotatable bonds is 6. The summed E-state index contributed by atoms with van der Waals surface area (Å²) in [6.45, 7) is 8.16. The molecule has 0 fully saturated rings. The van der Waals surface area contributed by atoms with Gasteiger partial charge in [-0.1, -0.05) is 47.5 Å². The number of benzene rings is 3. The predicted molar refractivity (Wildman–Crippen MR) is 133 cm³/mol. The maximum absolute atomic E-state index is 13.7. The Hall–Kier alpha value is -3.57. The smallest absolute Gasteiger partial charge is 0.282 e. The molecule has 6 heteroatoms. The van der Waals surface area contributed by atoms with Gasteiger partial charge in [-0.2, -0.15) is 0 Å². The number of ether oxygens (including phenoxy) is 1. The number of anilines is 2. The molecule has 0 aromatic heterocycles. The van der Waals surface area contributed by atoms with Crippen molar-refractivity contribution in [3.63, 3.8) is 0 Å². The van der Waals surface area contributed by atoms with Gasteiger partial charge in [0.2, 0.25) is 0 Å². The molecule has 0 unspecified atom stereocenters. The minimum Gasteiger partial charge on any atom is -0.494 e. The van der Waals surface area contributed by atoms with Crippen molar-refractivity contribution in [1.29, 1.82) is 0 Å². The van der Waals surface area contributed by atoms with E-state index >= 15 is 0 Å². The predicted octanol–water partition coefficient (Wildman–Crippen LogP) is 6.06. The summed E-state index contributed by atoms with van der Waals surface area (Å²) in [7, 11) is 0. The average Bonchev–Trinajstić information content (AvgIpc) is 3.00. The van der Waals surface area contributed by atoms with E-state index in [0.29, 0.717) is 45.5 Å². The van der Waals surface area contributed by atoms with Crippen LogP contribution in [0.25, 0.3) is 5.57 Å². The Morgan fingerprint density at radius 2 is 1.70 bits per heavy atom. The number of hydrogen-bond donors (Lipinski definition) is 1. The third-order valence-corrected chi connectivity index (χ3v) is 6.04. The SMILES string of the molecule is CCOc1cccc(NC2=C(c3ccc(C)cc3C)C(=O)N(c3cccc(Cl)c3C)C2=O)c1. The van der Waals surface area contributed by atoms with E-state index in [9.17, 15) is 9.59 Å². The molecular weight excluding hydrogens is 436 g/mol. The van der Waals surface area contributed by atoms with Crippen molar-refractivity contribution < 1.29 is 14.3 Å². The van der Waals surface area contributed by atoms with E-state index in [1.807, 2.05) is 57.2 Å². The number of imide groups is 1. The summed E-state index contributed by atoms with van der Waals surface area (Å²) in [5.74, 6) is -0.140. The molecule has 3 aromatic rings. The lowest BCUT2D eigenvalue weighted by Gasteiger charge is -2.18. The number of aryl methyl sites for hydroxylation is 2. The first-order valence-corrected chi connectivity index (χ1v) is 11.1. The van der Waals surface area contributed by atoms with Gasteiger partial charge in [-0.25, -0.2) is 4.90 Å². The number of hydrogen-bond acceptors (Lipinski definition) is 4. The zero-order valence-corrected chi connectivity index (χ0v) is 19.8. The van der Waals surface area contributed by atoms with Crippen molar-refractivity contribution >= 4 is 40.4 Å². The van der Waals surface area contributed by atoms with E-state index in [1.165, 1.54) is 4.90 Å². The molecule has 0 bridgehead atoms. The highest BCUT2D eigenvalue weighted by molar-refractivity contribution is 6.46. The van der Waals surface area contributed by atoms with Crippen LogP contribution in [-0.2, 0) is 9.59 Å². The fourth-order valence-electron chi connectivity index (χ4n) is 4.02. The average molecular weight is 461 g/mol. The summed E-state index contributed by atoms with van der Waals surface area (Å²) in [5, 5.41) is 3.69. The van der Waals surface area contributed by atoms with Gasteiger partial charge in [-0.05, 0) is 68.7 Å². The molecule has 2 amide bonds. The van der Waals surface area contributed by atoms with Gasteiger partial charge in [-0.15, -0.1) is 0 Å². The summed E-state index contributed by atoms with van der Waals surface area (Å²) in [6, 6.07) is 18.4. The summed E-state index contributed by atoms with van der Waals surface area (Å²) in [6.07, 6.45) is 0. The molecule has 1 aliphatic rings. The van der Waals surface area contributed by atoms with Gasteiger partial charge in [0.1, 0.15) is 11.4 Å². The second-order valence-electron chi connectivity index (χ2n) is 7.98. The van der Waals surface area contributed by atoms with Gasteiger partial charge in [0, 0.05) is 16.8 Å². The minimum absolute atomic E-state index is 0.222. The number of amides is 2. The van der Waals surface area contributed by atoms with Crippen LogP contribution in [-0.4, -0.2) is 18.4 Å². The molecule has 0 radical (unpaired) electrons. The zero-order chi connectivity index (χ0) is 23.7. The highest BCUT2D eigenvalue weighted by atomic mass is 35.5. The Balaban J connectivity index is 1.86. The Bertz CT molecular complexity index is 1300. The van der Waals surface area contributed by atoms with Crippen LogP contribution in [0.15, 0.2) is 66.4 Å². The second-order valence-corrected chi connectivity index (χ2v) is 8.39. The number of nitrogens with zero attached hydrogens (tertiary/aromatic N) is 1. The fraction of sp³-hybridized carbons (Fsp3) is 0.185. The molecule has 168 valence electrons. The Morgan fingerprint density at radius 1 is 0.939 bits per heavy atom. The second kappa shape index (κ2) is 9.12. The highest BCUT2D eigenvalue weighted by Crippen LogP contribution is 2.38. The van der Waals surface area contributed by atoms with Gasteiger partial charge in [0.25, 0.3) is 11.8 Å². The number of carbonyl (C=O) groups is 2. The third-order valence-electron chi connectivity index (χ3n) is 5.63. The van der Waals surface area contributed by atoms with Crippen molar-refractivity contribution in [2.24, 2.45) is 0 Å². The standard InChI is InChI=1S/C27H25ClN2O3/c1-5-33-20-9-6-8-19(15-20)29-25-24(21-13-12-16(2)14-17(21)3)26(31)30(27(25)32)23-11-7-10-22(28)18(23)4/h6-15,29H,5H2,1-4H3. The highest BCUT2D eigenvalue weighted by Gasteiger charge is 2.41. The molecule has 0 atom stereocenters. The topological polar surface area (TPSA) is 58.6 Å². The molecule has 5 nitrogen and oxygen atoms in total. The van der Waals surface area contributed by atoms with Crippen LogP contribution >= 0.6 is 11.6 Å². The molecule has 1 aliphatic heterocycles. The fourth-order valence-corrected chi connectivity index (χ4v) is 4.19. The van der Waals surface area contributed by atoms with Crippen molar-refractivity contribution in [2.75, 3.05) is 16.8 Å². The van der Waals surface area contributed by atoms with Crippen LogP contribution in [0.2, 0.25) is 5.02 Å². The molecule has 4 rings (SSSR count). The lowest BCUT2D eigenvalue weighted by Crippen LogP contribution is -2.33. The van der Waals surface area contributed by atoms with E-state index in [0.717, 1.165) is 11.1 Å². The molecule has 0 saturated carbocycles. The maximum atomic E-state index is 13.7. The molecule has 0 aliphatic carbocycles. The largest absolute Gasteiger partial charge is 0.494 e. The molecule has 33 heavy (non-hydrogen) atoms. The van der Waals surface area contributed by atoms with Crippen LogP contribution in [0.3, 0.4) is 0 Å². The first-order valence-electron chi connectivity index (χ1n) is 10.8. The first-order chi connectivity index (χ1) is 15.8. The Morgan fingerprint density at radius 3 is 2.42 bits per heavy atom. The lowest BCUT2D eigenvalue weighted by atomic mass is 9.97. The van der Waals surface area contributed by atoms with Crippen LogP contribution in [0, 0.1) is 20.8 Å². The minimum atomic E-state index is -0.429. The number of halogens is 1. The van der Waals surface area contributed by atoms with Gasteiger partial charge < -0.3 is 10.1 Å². The quantitative estimate of drug-likeness (QED) is 0.454. The monoisotopic (exact) mass is 460 g/mol. The molecule has 0 saturated heterocycles. The van der Waals surface area contributed by atoms with E-state index in [1.54, 1.807) is 31.2 Å². The Kier molecular flexibility index (Phi) is 6.25. The van der Waals surface area contributed by atoms with Crippen molar-refractivity contribution in [2.45, 2.75) is 27.7 Å². The normalized spacial score (nSPS) is 13.7. The van der Waals surface area contributed by atoms with E-state index < -0.39 is 5.91 Å². The van der Waals surface area contributed by atoms with Gasteiger partial charge in [-0.3, -0.25) is 9.59 Å². The van der Waals surface area contributed by atoms with Crippen molar-refractivity contribution in [3.05, 3.63) is 93.6 Å². The van der Waals surface area contributed by atoms with Crippen LogP contribution < -0.4 is 15.0 Å². The van der Waals surface area contributed by atoms with E-state index in [-0.39, 0.29) is 11.6 Å². The summed E-state index contributed by atoms with van der Waals surface area (Å²) >= 11 is 6.30. The van der Waals surface area contributed by atoms with Crippen molar-refractivity contribution in [3.8, 4) is 5.75 Å². The van der Waals surface area contributed by atoms with E-state index in [2.05, 4.69) is 5.32 Å². The number of nitrogens with one attached hydrogen (secondary N) is 1. The van der Waals surface area contributed by atoms with E-state index in [4.69, 9.17) is 16.3 Å². The maximum Gasteiger partial charge on any atom is 0.282 e. The zero-order valence-electron chi connectivity index (χ0n) is 19.0. The Labute approximate surface area is 198 Å². The molecule has 0 spiro atoms. The van der Waals surface area contributed by atoms with Crippen LogP contribution in [0.1, 0.15) is 29.2 Å². The third kappa shape index (κ3) is 4.24. The summed E-state index contributed by atoms with van der Waals surface area (Å²) in [5.41, 5.74) is 5.06. The summed E-state index contributed by atoms with van der Waals surface area (Å²) in [4.78, 5) is 28.6.